The fraction of sp³-hybridized carbons (Fsp3) is 0.269. The van der Waals surface area contributed by atoms with Gasteiger partial charge in [-0.25, -0.2) is 0 Å². The van der Waals surface area contributed by atoms with Gasteiger partial charge < -0.3 is 14.2 Å². The minimum absolute atomic E-state index is 0.112. The van der Waals surface area contributed by atoms with Crippen molar-refractivity contribution in [2.45, 2.75) is 27.7 Å². The van der Waals surface area contributed by atoms with Crippen LogP contribution in [0.1, 0.15) is 30.5 Å². The Bertz CT molecular complexity index is 1230. The number of fused-ring (bicyclic) bond motifs is 1. The van der Waals surface area contributed by atoms with Gasteiger partial charge in [0.05, 0.1) is 12.2 Å². The van der Waals surface area contributed by atoms with Crippen molar-refractivity contribution in [2.24, 2.45) is 4.99 Å². The van der Waals surface area contributed by atoms with Crippen molar-refractivity contribution in [3.05, 3.63) is 69.8 Å². The zero-order chi connectivity index (χ0) is 24.2. The summed E-state index contributed by atoms with van der Waals surface area (Å²) in [7, 11) is 0. The summed E-state index contributed by atoms with van der Waals surface area (Å²) >= 11 is 1.39. The number of aryl methyl sites for hydroxylation is 2. The van der Waals surface area contributed by atoms with Crippen molar-refractivity contribution in [3.8, 4) is 17.2 Å². The minimum Gasteiger partial charge on any atom is -0.490 e. The Morgan fingerprint density at radius 2 is 1.79 bits per heavy atom. The molecule has 4 rings (SSSR count). The number of amidine groups is 2. The number of thioether (sulfide) groups is 1. The van der Waals surface area contributed by atoms with E-state index in [1.807, 2.05) is 44.3 Å². The van der Waals surface area contributed by atoms with E-state index < -0.39 is 5.91 Å². The summed E-state index contributed by atoms with van der Waals surface area (Å²) in [5, 5.41) is 8.98. The molecule has 0 aromatic heterocycles. The maximum Gasteiger partial charge on any atom is 0.283 e. The lowest BCUT2D eigenvalue weighted by molar-refractivity contribution is -0.114. The molecule has 2 aliphatic rings. The summed E-state index contributed by atoms with van der Waals surface area (Å²) in [6.45, 7) is 9.16. The molecule has 0 atom stereocenters. The van der Waals surface area contributed by atoms with Crippen molar-refractivity contribution < 1.29 is 19.0 Å². The SMILES string of the molecule is CCOc1cc(/C=C2\C(=N)N3C=C(C)SC3=NC2=O)ccc1OCCOc1ccc(C)c(C)c1. The Kier molecular flexibility index (Phi) is 7.07. The summed E-state index contributed by atoms with van der Waals surface area (Å²) in [6.07, 6.45) is 3.47. The van der Waals surface area contributed by atoms with Gasteiger partial charge >= 0.3 is 0 Å². The fourth-order valence-electron chi connectivity index (χ4n) is 3.49. The average Bonchev–Trinajstić information content (AvgIpc) is 3.18. The smallest absolute Gasteiger partial charge is 0.283 e. The molecule has 0 aliphatic carbocycles. The third-order valence-corrected chi connectivity index (χ3v) is 6.26. The predicted molar refractivity (Wildman–Crippen MR) is 136 cm³/mol. The molecule has 2 aromatic carbocycles. The maximum absolute atomic E-state index is 12.5. The topological polar surface area (TPSA) is 84.2 Å². The zero-order valence-electron chi connectivity index (χ0n) is 19.7. The largest absolute Gasteiger partial charge is 0.490 e. The summed E-state index contributed by atoms with van der Waals surface area (Å²) in [4.78, 5) is 19.3. The number of nitrogens with zero attached hydrogens (tertiary/aromatic N) is 2. The number of hydrogen-bond acceptors (Lipinski definition) is 6. The number of hydrogen-bond donors (Lipinski definition) is 1. The van der Waals surface area contributed by atoms with E-state index in [-0.39, 0.29) is 11.4 Å². The summed E-state index contributed by atoms with van der Waals surface area (Å²) in [6, 6.07) is 11.4. The van der Waals surface area contributed by atoms with Gasteiger partial charge in [-0.05, 0) is 74.7 Å². The second-order valence-electron chi connectivity index (χ2n) is 7.90. The van der Waals surface area contributed by atoms with Crippen molar-refractivity contribution >= 4 is 34.7 Å². The minimum atomic E-state index is -0.423. The van der Waals surface area contributed by atoms with E-state index in [0.717, 1.165) is 16.2 Å². The molecular weight excluding hydrogens is 450 g/mol. The van der Waals surface area contributed by atoms with Crippen LogP contribution in [0.25, 0.3) is 6.08 Å². The van der Waals surface area contributed by atoms with Gasteiger partial charge in [0.2, 0.25) is 0 Å². The molecule has 2 heterocycles. The fourth-order valence-corrected chi connectivity index (χ4v) is 4.30. The van der Waals surface area contributed by atoms with Crippen molar-refractivity contribution in [3.63, 3.8) is 0 Å². The van der Waals surface area contributed by atoms with E-state index in [4.69, 9.17) is 19.6 Å². The van der Waals surface area contributed by atoms with Gasteiger partial charge in [-0.15, -0.1) is 0 Å². The number of rotatable bonds is 8. The first kappa shape index (κ1) is 23.6. The maximum atomic E-state index is 12.5. The molecule has 0 saturated carbocycles. The van der Waals surface area contributed by atoms with Crippen LogP contribution in [-0.2, 0) is 4.79 Å². The lowest BCUT2D eigenvalue weighted by atomic mass is 10.1. The monoisotopic (exact) mass is 477 g/mol. The Hall–Kier alpha value is -3.52. The molecule has 0 unspecified atom stereocenters. The standard InChI is InChI=1S/C26H27N3O4S/c1-5-31-23-14-19(13-21-24(27)29-15-18(4)34-26(29)28-25(21)30)7-9-22(23)33-11-10-32-20-8-6-16(2)17(3)12-20/h6-9,12-15,27H,5,10-11H2,1-4H3/b21-13+,27-24?. The van der Waals surface area contributed by atoms with Crippen LogP contribution in [0.15, 0.2) is 58.1 Å². The van der Waals surface area contributed by atoms with Crippen LogP contribution in [0.3, 0.4) is 0 Å². The molecule has 1 amide bonds. The molecule has 34 heavy (non-hydrogen) atoms. The van der Waals surface area contributed by atoms with Crippen LogP contribution in [0.4, 0.5) is 0 Å². The van der Waals surface area contributed by atoms with Gasteiger partial charge in [0.25, 0.3) is 5.91 Å². The normalized spacial score (nSPS) is 16.4. The van der Waals surface area contributed by atoms with Gasteiger partial charge in [0.1, 0.15) is 24.8 Å². The summed E-state index contributed by atoms with van der Waals surface area (Å²) < 4.78 is 17.5. The van der Waals surface area contributed by atoms with E-state index >= 15 is 0 Å². The molecular formula is C26H27N3O4S. The van der Waals surface area contributed by atoms with Gasteiger partial charge in [-0.3, -0.25) is 15.1 Å². The number of amides is 1. The van der Waals surface area contributed by atoms with Crippen LogP contribution in [-0.4, -0.2) is 41.6 Å². The van der Waals surface area contributed by atoms with Gasteiger partial charge in [-0.1, -0.05) is 23.9 Å². The quantitative estimate of drug-likeness (QED) is 0.409. The molecule has 0 radical (unpaired) electrons. The summed E-state index contributed by atoms with van der Waals surface area (Å²) in [5.74, 6) is 1.65. The molecule has 2 aromatic rings. The lowest BCUT2D eigenvalue weighted by Gasteiger charge is -2.22. The van der Waals surface area contributed by atoms with E-state index in [1.54, 1.807) is 23.1 Å². The Morgan fingerprint density at radius 1 is 1.00 bits per heavy atom. The molecule has 0 fully saturated rings. The number of benzene rings is 2. The first-order valence-electron chi connectivity index (χ1n) is 11.0. The molecule has 7 nitrogen and oxygen atoms in total. The second kappa shape index (κ2) is 10.2. The van der Waals surface area contributed by atoms with Crippen molar-refractivity contribution in [1.82, 2.24) is 4.90 Å². The number of carbonyl (C=O) groups is 1. The van der Waals surface area contributed by atoms with Crippen LogP contribution in [0.5, 0.6) is 17.2 Å². The molecule has 1 N–H and O–H groups in total. The highest BCUT2D eigenvalue weighted by atomic mass is 32.2. The van der Waals surface area contributed by atoms with Gasteiger partial charge in [-0.2, -0.15) is 4.99 Å². The van der Waals surface area contributed by atoms with Crippen LogP contribution < -0.4 is 14.2 Å². The number of carbonyl (C=O) groups excluding carboxylic acids is 1. The van der Waals surface area contributed by atoms with Crippen LogP contribution in [0, 0.1) is 19.3 Å². The van der Waals surface area contributed by atoms with E-state index in [9.17, 15) is 4.79 Å². The lowest BCUT2D eigenvalue weighted by Crippen LogP contribution is -2.35. The third kappa shape index (κ3) is 5.17. The molecule has 0 spiro atoms. The number of allylic oxidation sites excluding steroid dienone is 1. The Balaban J connectivity index is 1.45. The highest BCUT2D eigenvalue weighted by Gasteiger charge is 2.32. The van der Waals surface area contributed by atoms with Crippen molar-refractivity contribution in [2.75, 3.05) is 19.8 Å². The Morgan fingerprint density at radius 3 is 2.56 bits per heavy atom. The van der Waals surface area contributed by atoms with Gasteiger partial charge in [0.15, 0.2) is 16.7 Å². The molecule has 0 saturated heterocycles. The number of aliphatic imine (C=N–C) groups is 1. The molecule has 176 valence electrons. The van der Waals surface area contributed by atoms with Crippen LogP contribution in [0.2, 0.25) is 0 Å². The van der Waals surface area contributed by atoms with E-state index in [2.05, 4.69) is 18.8 Å². The second-order valence-corrected chi connectivity index (χ2v) is 9.11. The van der Waals surface area contributed by atoms with E-state index in [1.165, 1.54) is 22.9 Å². The highest BCUT2D eigenvalue weighted by molar-refractivity contribution is 8.17. The predicted octanol–water partition coefficient (Wildman–Crippen LogP) is 5.33. The van der Waals surface area contributed by atoms with E-state index in [0.29, 0.717) is 36.5 Å². The number of ether oxygens (including phenoxy) is 3. The first-order valence-corrected chi connectivity index (χ1v) is 11.9. The number of nitrogens with one attached hydrogen (secondary N) is 1. The van der Waals surface area contributed by atoms with Crippen molar-refractivity contribution in [1.29, 1.82) is 5.41 Å². The average molecular weight is 478 g/mol. The summed E-state index contributed by atoms with van der Waals surface area (Å²) in [5.41, 5.74) is 3.36. The first-order chi connectivity index (χ1) is 16.4. The molecule has 0 bridgehead atoms. The third-order valence-electron chi connectivity index (χ3n) is 5.36. The zero-order valence-corrected chi connectivity index (χ0v) is 20.5. The molecule has 8 heteroatoms. The van der Waals surface area contributed by atoms with Gasteiger partial charge in [0, 0.05) is 11.1 Å². The van der Waals surface area contributed by atoms with Crippen LogP contribution >= 0.6 is 11.8 Å². The molecule has 2 aliphatic heterocycles. The Labute approximate surface area is 203 Å². The highest BCUT2D eigenvalue weighted by Crippen LogP contribution is 2.34.